The van der Waals surface area contributed by atoms with E-state index in [1.54, 1.807) is 12.1 Å². The summed E-state index contributed by atoms with van der Waals surface area (Å²) in [6, 6.07) is 8.43. The monoisotopic (exact) mass is 401 g/mol. The van der Waals surface area contributed by atoms with Gasteiger partial charge in [-0.15, -0.1) is 0 Å². The highest BCUT2D eigenvalue weighted by atomic mass is 19.2. The predicted octanol–water partition coefficient (Wildman–Crippen LogP) is 4.48. The van der Waals surface area contributed by atoms with Crippen molar-refractivity contribution in [3.05, 3.63) is 59.4 Å². The Kier molecular flexibility index (Phi) is 4.42. The van der Waals surface area contributed by atoms with E-state index >= 15 is 4.39 Å². The number of benzene rings is 2. The highest BCUT2D eigenvalue weighted by molar-refractivity contribution is 5.82. The summed E-state index contributed by atoms with van der Waals surface area (Å²) in [5.74, 6) is -2.62. The number of halogens is 3. The van der Waals surface area contributed by atoms with Gasteiger partial charge in [0, 0.05) is 30.1 Å². The third kappa shape index (κ3) is 3.23. The molecule has 1 saturated carbocycles. The van der Waals surface area contributed by atoms with Gasteiger partial charge in [0.1, 0.15) is 11.9 Å². The van der Waals surface area contributed by atoms with Crippen LogP contribution in [0.5, 0.6) is 0 Å². The first-order chi connectivity index (χ1) is 14.0. The molecule has 1 spiro atoms. The molecule has 2 aromatic carbocycles. The van der Waals surface area contributed by atoms with E-state index in [4.69, 9.17) is 4.74 Å². The summed E-state index contributed by atoms with van der Waals surface area (Å²) < 4.78 is 48.5. The molecule has 0 N–H and O–H groups in total. The van der Waals surface area contributed by atoms with E-state index in [0.29, 0.717) is 25.1 Å². The van der Waals surface area contributed by atoms with Gasteiger partial charge in [-0.1, -0.05) is 30.3 Å². The van der Waals surface area contributed by atoms with E-state index in [1.807, 2.05) is 4.90 Å². The fourth-order valence-corrected chi connectivity index (χ4v) is 4.67. The maximum Gasteiger partial charge on any atom is 0.252 e. The maximum absolute atomic E-state index is 15.3. The van der Waals surface area contributed by atoms with Crippen LogP contribution in [0.3, 0.4) is 0 Å². The number of hydrogen-bond acceptors (Lipinski definition) is 2. The lowest BCUT2D eigenvalue weighted by Crippen LogP contribution is -2.48. The van der Waals surface area contributed by atoms with Crippen molar-refractivity contribution in [3.63, 3.8) is 0 Å². The van der Waals surface area contributed by atoms with Gasteiger partial charge in [0.25, 0.3) is 5.91 Å². The Hall–Kier alpha value is -2.34. The van der Waals surface area contributed by atoms with Crippen LogP contribution in [0.2, 0.25) is 0 Å². The standard InChI is InChI=1S/C23H22F3NO2/c24-18-6-2-5-17(21(18)26)16-4-1-3-14(20(16)25)11-15-12-23(8-9-23)13-27(15)22(28)19-7-10-29-19/h1-6,15,19H,7-13H2/t15-,19+/m0/s1. The van der Waals surface area contributed by atoms with Crippen LogP contribution in [-0.2, 0) is 16.0 Å². The van der Waals surface area contributed by atoms with Crippen LogP contribution in [0.1, 0.15) is 31.2 Å². The molecule has 3 nitrogen and oxygen atoms in total. The number of amides is 1. The molecule has 1 amide bonds. The van der Waals surface area contributed by atoms with E-state index < -0.39 is 17.5 Å². The fourth-order valence-electron chi connectivity index (χ4n) is 4.67. The number of nitrogens with zero attached hydrogens (tertiary/aromatic N) is 1. The SMILES string of the molecule is O=C([C@H]1CCO1)N1CC2(CC2)C[C@@H]1Cc1cccc(-c2cccc(F)c2F)c1F. The summed E-state index contributed by atoms with van der Waals surface area (Å²) in [6.45, 7) is 1.31. The van der Waals surface area contributed by atoms with Crippen molar-refractivity contribution in [2.45, 2.75) is 44.2 Å². The van der Waals surface area contributed by atoms with Gasteiger partial charge < -0.3 is 9.64 Å². The highest BCUT2D eigenvalue weighted by Gasteiger charge is 2.54. The maximum atomic E-state index is 15.3. The van der Waals surface area contributed by atoms with Gasteiger partial charge in [-0.05, 0) is 42.7 Å². The minimum absolute atomic E-state index is 0.00207. The molecule has 0 bridgehead atoms. The Bertz CT molecular complexity index is 969. The van der Waals surface area contributed by atoms with E-state index in [1.165, 1.54) is 18.2 Å². The first kappa shape index (κ1) is 18.7. The summed E-state index contributed by atoms with van der Waals surface area (Å²) in [7, 11) is 0. The van der Waals surface area contributed by atoms with Crippen LogP contribution in [0, 0.1) is 22.9 Å². The second kappa shape index (κ2) is 6.87. The Balaban J connectivity index is 1.44. The zero-order chi connectivity index (χ0) is 20.2. The normalized spacial score (nSPS) is 24.6. The third-order valence-corrected chi connectivity index (χ3v) is 6.61. The van der Waals surface area contributed by atoms with Gasteiger partial charge in [-0.3, -0.25) is 4.79 Å². The van der Waals surface area contributed by atoms with Crippen LogP contribution in [0.4, 0.5) is 13.2 Å². The van der Waals surface area contributed by atoms with E-state index in [-0.39, 0.29) is 34.6 Å². The highest BCUT2D eigenvalue weighted by Crippen LogP contribution is 2.55. The molecular weight excluding hydrogens is 379 g/mol. The van der Waals surface area contributed by atoms with Crippen LogP contribution < -0.4 is 0 Å². The van der Waals surface area contributed by atoms with Crippen molar-refractivity contribution in [1.82, 2.24) is 4.90 Å². The number of carbonyl (C=O) groups excluding carboxylic acids is 1. The minimum atomic E-state index is -1.06. The average molecular weight is 401 g/mol. The molecule has 0 radical (unpaired) electrons. The summed E-state index contributed by atoms with van der Waals surface area (Å²) in [4.78, 5) is 14.7. The Morgan fingerprint density at radius 2 is 1.76 bits per heavy atom. The van der Waals surface area contributed by atoms with Gasteiger partial charge in [-0.2, -0.15) is 0 Å². The molecule has 3 aliphatic rings. The molecule has 2 heterocycles. The lowest BCUT2D eigenvalue weighted by Gasteiger charge is -2.33. The number of rotatable bonds is 4. The van der Waals surface area contributed by atoms with Crippen molar-refractivity contribution in [3.8, 4) is 11.1 Å². The van der Waals surface area contributed by atoms with Crippen LogP contribution in [0.25, 0.3) is 11.1 Å². The third-order valence-electron chi connectivity index (χ3n) is 6.61. The molecule has 1 aliphatic carbocycles. The second-order valence-corrected chi connectivity index (χ2v) is 8.56. The molecule has 2 aromatic rings. The van der Waals surface area contributed by atoms with Gasteiger partial charge >= 0.3 is 0 Å². The molecule has 0 aromatic heterocycles. The van der Waals surface area contributed by atoms with Crippen LogP contribution >= 0.6 is 0 Å². The molecule has 0 unspecified atom stereocenters. The van der Waals surface area contributed by atoms with Crippen molar-refractivity contribution < 1.29 is 22.7 Å². The first-order valence-corrected chi connectivity index (χ1v) is 10.1. The Morgan fingerprint density at radius 1 is 1.07 bits per heavy atom. The van der Waals surface area contributed by atoms with Crippen LogP contribution in [0.15, 0.2) is 36.4 Å². The zero-order valence-electron chi connectivity index (χ0n) is 16.0. The van der Waals surface area contributed by atoms with Crippen LogP contribution in [-0.4, -0.2) is 36.1 Å². The molecule has 2 atom stereocenters. The first-order valence-electron chi connectivity index (χ1n) is 10.1. The summed E-state index contributed by atoms with van der Waals surface area (Å²) in [5.41, 5.74) is 0.539. The molecule has 152 valence electrons. The number of ether oxygens (including phenoxy) is 1. The van der Waals surface area contributed by atoms with Gasteiger partial charge in [0.2, 0.25) is 0 Å². The molecule has 2 aliphatic heterocycles. The minimum Gasteiger partial charge on any atom is -0.368 e. The van der Waals surface area contributed by atoms with Crippen molar-refractivity contribution in [2.75, 3.05) is 13.2 Å². The molecule has 5 rings (SSSR count). The molecule has 6 heteroatoms. The van der Waals surface area contributed by atoms with E-state index in [9.17, 15) is 13.6 Å². The molecule has 3 fully saturated rings. The Morgan fingerprint density at radius 3 is 2.41 bits per heavy atom. The van der Waals surface area contributed by atoms with Gasteiger partial charge in [0.05, 0.1) is 6.61 Å². The fraction of sp³-hybridized carbons (Fsp3) is 0.435. The van der Waals surface area contributed by atoms with E-state index in [0.717, 1.165) is 31.7 Å². The molecule has 2 saturated heterocycles. The van der Waals surface area contributed by atoms with E-state index in [2.05, 4.69) is 0 Å². The predicted molar refractivity (Wildman–Crippen MR) is 102 cm³/mol. The van der Waals surface area contributed by atoms with Crippen molar-refractivity contribution in [1.29, 1.82) is 0 Å². The number of carbonyl (C=O) groups is 1. The van der Waals surface area contributed by atoms with Crippen molar-refractivity contribution >= 4 is 5.91 Å². The molecular formula is C23H22F3NO2. The Labute approximate surface area is 167 Å². The number of likely N-dealkylation sites (tertiary alicyclic amines) is 1. The smallest absolute Gasteiger partial charge is 0.252 e. The lowest BCUT2D eigenvalue weighted by molar-refractivity contribution is -0.157. The van der Waals surface area contributed by atoms with Gasteiger partial charge in [-0.25, -0.2) is 13.2 Å². The topological polar surface area (TPSA) is 29.5 Å². The van der Waals surface area contributed by atoms with Gasteiger partial charge in [0.15, 0.2) is 11.6 Å². The largest absolute Gasteiger partial charge is 0.368 e. The molecule has 29 heavy (non-hydrogen) atoms. The summed E-state index contributed by atoms with van der Waals surface area (Å²) in [5, 5.41) is 0. The number of hydrogen-bond donors (Lipinski definition) is 0. The second-order valence-electron chi connectivity index (χ2n) is 8.56. The summed E-state index contributed by atoms with van der Waals surface area (Å²) in [6.07, 6.45) is 3.76. The average Bonchev–Trinajstić information content (AvgIpc) is 3.31. The summed E-state index contributed by atoms with van der Waals surface area (Å²) >= 11 is 0. The lowest BCUT2D eigenvalue weighted by atomic mass is 9.95. The van der Waals surface area contributed by atoms with Crippen molar-refractivity contribution in [2.24, 2.45) is 5.41 Å². The quantitative estimate of drug-likeness (QED) is 0.756. The zero-order valence-corrected chi connectivity index (χ0v) is 16.0.